The molecule has 0 aliphatic carbocycles. The fourth-order valence-electron chi connectivity index (χ4n) is 2.90. The molecule has 0 amide bonds. The van der Waals surface area contributed by atoms with Crippen molar-refractivity contribution in [2.75, 3.05) is 31.1 Å². The van der Waals surface area contributed by atoms with Gasteiger partial charge in [0.25, 0.3) is 0 Å². The highest BCUT2D eigenvalue weighted by atomic mass is 15.3. The van der Waals surface area contributed by atoms with Crippen LogP contribution in [0.3, 0.4) is 0 Å². The minimum absolute atomic E-state index is 0.135. The van der Waals surface area contributed by atoms with Gasteiger partial charge in [0.1, 0.15) is 5.84 Å². The zero-order chi connectivity index (χ0) is 15.4. The Morgan fingerprint density at radius 3 is 2.36 bits per heavy atom. The molecule has 1 heterocycles. The highest BCUT2D eigenvalue weighted by molar-refractivity contribution is 5.95. The lowest BCUT2D eigenvalue weighted by Gasteiger charge is -2.36. The molecule has 1 fully saturated rings. The van der Waals surface area contributed by atoms with E-state index in [4.69, 9.17) is 11.1 Å². The molecule has 1 aliphatic rings. The largest absolute Gasteiger partial charge is 0.384 e. The third kappa shape index (κ3) is 3.46. The van der Waals surface area contributed by atoms with Crippen LogP contribution in [0.25, 0.3) is 0 Å². The molecule has 0 bridgehead atoms. The van der Waals surface area contributed by atoms with Crippen LogP contribution in [0.5, 0.6) is 0 Å². The van der Waals surface area contributed by atoms with Crippen molar-refractivity contribution in [1.29, 1.82) is 5.41 Å². The van der Waals surface area contributed by atoms with Gasteiger partial charge in [-0.3, -0.25) is 10.3 Å². The fraction of sp³-hybridized carbons (Fsp3) is 0.278. The van der Waals surface area contributed by atoms with E-state index >= 15 is 0 Å². The molecular weight excluding hydrogens is 272 g/mol. The molecule has 0 spiro atoms. The van der Waals surface area contributed by atoms with Crippen molar-refractivity contribution in [1.82, 2.24) is 4.90 Å². The van der Waals surface area contributed by atoms with Gasteiger partial charge in [-0.2, -0.15) is 0 Å². The molecule has 0 saturated carbocycles. The van der Waals surface area contributed by atoms with E-state index in [9.17, 15) is 0 Å². The number of nitrogens with zero attached hydrogens (tertiary/aromatic N) is 2. The molecule has 1 saturated heterocycles. The number of nitrogen functional groups attached to an aromatic ring is 1. The predicted octanol–water partition coefficient (Wildman–Crippen LogP) is 2.29. The van der Waals surface area contributed by atoms with Crippen molar-refractivity contribution in [2.45, 2.75) is 6.54 Å². The third-order valence-corrected chi connectivity index (χ3v) is 4.14. The average molecular weight is 294 g/mol. The maximum atomic E-state index is 7.53. The summed E-state index contributed by atoms with van der Waals surface area (Å²) in [6.45, 7) is 5.13. The van der Waals surface area contributed by atoms with Gasteiger partial charge in [-0.25, -0.2) is 0 Å². The minimum Gasteiger partial charge on any atom is -0.384 e. The number of nitrogens with one attached hydrogen (secondary N) is 1. The molecule has 2 aromatic rings. The van der Waals surface area contributed by atoms with Crippen LogP contribution in [-0.4, -0.2) is 36.9 Å². The predicted molar refractivity (Wildman–Crippen MR) is 91.4 cm³/mol. The Kier molecular flexibility index (Phi) is 4.39. The number of para-hydroxylation sites is 1. The van der Waals surface area contributed by atoms with Crippen molar-refractivity contribution >= 4 is 11.5 Å². The van der Waals surface area contributed by atoms with Crippen LogP contribution in [0.1, 0.15) is 11.1 Å². The maximum absolute atomic E-state index is 7.53. The SMILES string of the molecule is N=C(N)c1cccc(CN2CCN(c3ccccc3)CC2)c1. The minimum atomic E-state index is 0.135. The van der Waals surface area contributed by atoms with Gasteiger partial charge in [-0.1, -0.05) is 36.4 Å². The van der Waals surface area contributed by atoms with Gasteiger partial charge in [0.2, 0.25) is 0 Å². The second kappa shape index (κ2) is 6.62. The van der Waals surface area contributed by atoms with E-state index in [-0.39, 0.29) is 5.84 Å². The van der Waals surface area contributed by atoms with E-state index in [0.717, 1.165) is 38.3 Å². The molecule has 3 rings (SSSR count). The van der Waals surface area contributed by atoms with Crippen LogP contribution in [0, 0.1) is 5.41 Å². The Labute approximate surface area is 131 Å². The van der Waals surface area contributed by atoms with Gasteiger partial charge < -0.3 is 10.6 Å². The average Bonchev–Trinajstić information content (AvgIpc) is 2.56. The number of anilines is 1. The van der Waals surface area contributed by atoms with Gasteiger partial charge >= 0.3 is 0 Å². The van der Waals surface area contributed by atoms with E-state index in [1.807, 2.05) is 18.2 Å². The molecule has 0 atom stereocenters. The lowest BCUT2D eigenvalue weighted by molar-refractivity contribution is 0.250. The third-order valence-electron chi connectivity index (χ3n) is 4.14. The summed E-state index contributed by atoms with van der Waals surface area (Å²) in [6, 6.07) is 18.6. The number of rotatable bonds is 4. The summed E-state index contributed by atoms with van der Waals surface area (Å²) in [6.07, 6.45) is 0. The lowest BCUT2D eigenvalue weighted by Crippen LogP contribution is -2.45. The smallest absolute Gasteiger partial charge is 0.122 e. The highest BCUT2D eigenvalue weighted by Gasteiger charge is 2.17. The van der Waals surface area contributed by atoms with E-state index in [1.165, 1.54) is 11.3 Å². The standard InChI is InChI=1S/C18H22N4/c19-18(20)16-6-4-5-15(13-16)14-21-9-11-22(12-10-21)17-7-2-1-3-8-17/h1-8,13H,9-12,14H2,(H3,19,20). The van der Waals surface area contributed by atoms with Crippen molar-refractivity contribution in [3.05, 3.63) is 65.7 Å². The highest BCUT2D eigenvalue weighted by Crippen LogP contribution is 2.17. The number of benzene rings is 2. The van der Waals surface area contributed by atoms with E-state index in [2.05, 4.69) is 46.2 Å². The van der Waals surface area contributed by atoms with Gasteiger partial charge in [0, 0.05) is 44.0 Å². The van der Waals surface area contributed by atoms with E-state index in [0.29, 0.717) is 0 Å². The summed E-state index contributed by atoms with van der Waals surface area (Å²) in [4.78, 5) is 4.89. The number of hydrogen-bond acceptors (Lipinski definition) is 3. The second-order valence-corrected chi connectivity index (χ2v) is 5.71. The molecule has 0 aromatic heterocycles. The summed E-state index contributed by atoms with van der Waals surface area (Å²) in [5.41, 5.74) is 8.90. The maximum Gasteiger partial charge on any atom is 0.122 e. The van der Waals surface area contributed by atoms with Gasteiger partial charge in [-0.15, -0.1) is 0 Å². The topological polar surface area (TPSA) is 56.4 Å². The van der Waals surface area contributed by atoms with Crippen LogP contribution in [-0.2, 0) is 6.54 Å². The molecule has 22 heavy (non-hydrogen) atoms. The summed E-state index contributed by atoms with van der Waals surface area (Å²) in [5.74, 6) is 0.135. The van der Waals surface area contributed by atoms with Gasteiger partial charge in [-0.05, 0) is 23.8 Å². The molecule has 1 aliphatic heterocycles. The van der Waals surface area contributed by atoms with Crippen molar-refractivity contribution in [3.8, 4) is 0 Å². The first-order chi connectivity index (χ1) is 10.7. The second-order valence-electron chi connectivity index (χ2n) is 5.71. The zero-order valence-corrected chi connectivity index (χ0v) is 12.7. The summed E-state index contributed by atoms with van der Waals surface area (Å²) in [5, 5.41) is 7.53. The molecule has 4 heteroatoms. The Bertz CT molecular complexity index is 631. The molecule has 0 radical (unpaired) electrons. The van der Waals surface area contributed by atoms with E-state index in [1.54, 1.807) is 0 Å². The van der Waals surface area contributed by atoms with Crippen LogP contribution in [0.15, 0.2) is 54.6 Å². The van der Waals surface area contributed by atoms with Gasteiger partial charge in [0.15, 0.2) is 0 Å². The van der Waals surface area contributed by atoms with E-state index < -0.39 is 0 Å². The van der Waals surface area contributed by atoms with Gasteiger partial charge in [0.05, 0.1) is 0 Å². The molecule has 0 unspecified atom stereocenters. The molecule has 2 aromatic carbocycles. The molecule has 4 nitrogen and oxygen atoms in total. The summed E-state index contributed by atoms with van der Waals surface area (Å²) < 4.78 is 0. The molecule has 3 N–H and O–H groups in total. The fourth-order valence-corrected chi connectivity index (χ4v) is 2.90. The first-order valence-electron chi connectivity index (χ1n) is 7.68. The normalized spacial score (nSPS) is 15.7. The summed E-state index contributed by atoms with van der Waals surface area (Å²) >= 11 is 0. The van der Waals surface area contributed by atoms with Crippen LogP contribution in [0.4, 0.5) is 5.69 Å². The lowest BCUT2D eigenvalue weighted by atomic mass is 10.1. The van der Waals surface area contributed by atoms with Crippen molar-refractivity contribution < 1.29 is 0 Å². The Hall–Kier alpha value is -2.33. The first kappa shape index (κ1) is 14.6. The quantitative estimate of drug-likeness (QED) is 0.672. The Morgan fingerprint density at radius 2 is 1.68 bits per heavy atom. The Morgan fingerprint density at radius 1 is 0.955 bits per heavy atom. The van der Waals surface area contributed by atoms with Crippen LogP contribution in [0.2, 0.25) is 0 Å². The summed E-state index contributed by atoms with van der Waals surface area (Å²) in [7, 11) is 0. The molecular formula is C18H22N4. The number of hydrogen-bond donors (Lipinski definition) is 2. The monoisotopic (exact) mass is 294 g/mol. The van der Waals surface area contributed by atoms with Crippen molar-refractivity contribution in [3.63, 3.8) is 0 Å². The van der Waals surface area contributed by atoms with Crippen LogP contribution < -0.4 is 10.6 Å². The Balaban J connectivity index is 1.58. The number of amidine groups is 1. The van der Waals surface area contributed by atoms with Crippen molar-refractivity contribution in [2.24, 2.45) is 5.73 Å². The van der Waals surface area contributed by atoms with Crippen LogP contribution >= 0.6 is 0 Å². The molecule has 114 valence electrons. The zero-order valence-electron chi connectivity index (χ0n) is 12.7. The number of nitrogens with two attached hydrogens (primary N) is 1. The number of piperazine rings is 1. The first-order valence-corrected chi connectivity index (χ1v) is 7.68.